The molecule has 3 heterocycles. The average Bonchev–Trinajstić information content (AvgIpc) is 3.13. The standard InChI is InChI=1S/C16H26N4O2S/c1-12(2)14-13(23-18-17-14)10-19-7-5-16(11-19)4-3-6-20(8-9-21)15(16)22/h12,21H,3-11H2,1-2H3/t16-/m1/s1. The first-order valence-corrected chi connectivity index (χ1v) is 9.27. The monoisotopic (exact) mass is 338 g/mol. The summed E-state index contributed by atoms with van der Waals surface area (Å²) >= 11 is 1.48. The van der Waals surface area contributed by atoms with Gasteiger partial charge in [-0.25, -0.2) is 0 Å². The Morgan fingerprint density at radius 1 is 1.35 bits per heavy atom. The van der Waals surface area contributed by atoms with Crippen LogP contribution in [0.25, 0.3) is 0 Å². The summed E-state index contributed by atoms with van der Waals surface area (Å²) in [6.07, 6.45) is 2.94. The van der Waals surface area contributed by atoms with E-state index in [0.29, 0.717) is 12.5 Å². The Morgan fingerprint density at radius 2 is 2.17 bits per heavy atom. The van der Waals surface area contributed by atoms with E-state index in [-0.39, 0.29) is 17.9 Å². The van der Waals surface area contributed by atoms with Crippen molar-refractivity contribution in [1.82, 2.24) is 19.4 Å². The molecule has 0 aliphatic carbocycles. The lowest BCUT2D eigenvalue weighted by Gasteiger charge is -2.39. The van der Waals surface area contributed by atoms with Gasteiger partial charge in [-0.15, -0.1) is 5.10 Å². The Morgan fingerprint density at radius 3 is 2.91 bits per heavy atom. The number of aliphatic hydroxyl groups is 1. The predicted octanol–water partition coefficient (Wildman–Crippen LogP) is 1.47. The lowest BCUT2D eigenvalue weighted by molar-refractivity contribution is -0.146. The molecule has 128 valence electrons. The summed E-state index contributed by atoms with van der Waals surface area (Å²) in [4.78, 5) is 18.3. The Hall–Kier alpha value is -1.05. The molecule has 3 rings (SSSR count). The highest BCUT2D eigenvalue weighted by molar-refractivity contribution is 7.05. The van der Waals surface area contributed by atoms with Gasteiger partial charge in [0.15, 0.2) is 0 Å². The fourth-order valence-corrected chi connectivity index (χ4v) is 4.76. The van der Waals surface area contributed by atoms with Crippen LogP contribution in [0.4, 0.5) is 0 Å². The van der Waals surface area contributed by atoms with E-state index >= 15 is 0 Å². The molecule has 1 aromatic heterocycles. The van der Waals surface area contributed by atoms with Gasteiger partial charge < -0.3 is 10.0 Å². The van der Waals surface area contributed by atoms with Crippen molar-refractivity contribution >= 4 is 17.4 Å². The first kappa shape index (κ1) is 16.8. The molecule has 2 saturated heterocycles. The number of nitrogens with zero attached hydrogens (tertiary/aromatic N) is 4. The molecule has 1 spiro atoms. The molecule has 1 amide bonds. The molecule has 2 aliphatic heterocycles. The van der Waals surface area contributed by atoms with Crippen LogP contribution in [0, 0.1) is 5.41 Å². The first-order chi connectivity index (χ1) is 11.1. The molecule has 1 atom stereocenters. The number of amides is 1. The summed E-state index contributed by atoms with van der Waals surface area (Å²) in [6, 6.07) is 0. The van der Waals surface area contributed by atoms with E-state index in [2.05, 4.69) is 28.3 Å². The van der Waals surface area contributed by atoms with Crippen LogP contribution in [-0.4, -0.2) is 63.2 Å². The van der Waals surface area contributed by atoms with Crippen LogP contribution >= 0.6 is 11.5 Å². The Bertz CT molecular complexity index is 560. The zero-order chi connectivity index (χ0) is 16.4. The van der Waals surface area contributed by atoms with Crippen molar-refractivity contribution in [2.75, 3.05) is 32.8 Å². The third-order valence-corrected chi connectivity index (χ3v) is 5.85. The average molecular weight is 338 g/mol. The summed E-state index contributed by atoms with van der Waals surface area (Å²) < 4.78 is 4.10. The minimum Gasteiger partial charge on any atom is -0.395 e. The number of rotatable bonds is 5. The third-order valence-electron chi connectivity index (χ3n) is 5.13. The number of carbonyl (C=O) groups excluding carboxylic acids is 1. The van der Waals surface area contributed by atoms with Crippen molar-refractivity contribution in [3.8, 4) is 0 Å². The number of hydrogen-bond acceptors (Lipinski definition) is 6. The number of β-amino-alcohol motifs (C(OH)–C–C–N with tert-alkyl or cyclic N) is 1. The van der Waals surface area contributed by atoms with Crippen LogP contribution < -0.4 is 0 Å². The van der Waals surface area contributed by atoms with Crippen LogP contribution in [-0.2, 0) is 11.3 Å². The van der Waals surface area contributed by atoms with Gasteiger partial charge in [0.2, 0.25) is 5.91 Å². The fraction of sp³-hybridized carbons (Fsp3) is 0.812. The van der Waals surface area contributed by atoms with E-state index in [4.69, 9.17) is 5.11 Å². The molecular weight excluding hydrogens is 312 g/mol. The summed E-state index contributed by atoms with van der Waals surface area (Å²) in [5.74, 6) is 0.628. The minimum atomic E-state index is -0.233. The normalized spacial score (nSPS) is 25.9. The van der Waals surface area contributed by atoms with Gasteiger partial charge in [0.25, 0.3) is 0 Å². The highest BCUT2D eigenvalue weighted by Gasteiger charge is 2.48. The van der Waals surface area contributed by atoms with Crippen LogP contribution in [0.2, 0.25) is 0 Å². The maximum absolute atomic E-state index is 12.8. The molecule has 0 unspecified atom stereocenters. The van der Waals surface area contributed by atoms with Crippen LogP contribution in [0.5, 0.6) is 0 Å². The predicted molar refractivity (Wildman–Crippen MR) is 89.2 cm³/mol. The number of likely N-dealkylation sites (tertiary alicyclic amines) is 2. The molecule has 0 bridgehead atoms. The van der Waals surface area contributed by atoms with Crippen LogP contribution in [0.1, 0.15) is 49.6 Å². The maximum atomic E-state index is 12.8. The van der Waals surface area contributed by atoms with Gasteiger partial charge in [0.05, 0.1) is 22.6 Å². The molecule has 23 heavy (non-hydrogen) atoms. The maximum Gasteiger partial charge on any atom is 0.230 e. The van der Waals surface area contributed by atoms with Crippen LogP contribution in [0.3, 0.4) is 0 Å². The van der Waals surface area contributed by atoms with E-state index in [1.807, 2.05) is 4.90 Å². The van der Waals surface area contributed by atoms with E-state index in [1.54, 1.807) is 0 Å². The molecule has 0 aromatic carbocycles. The highest BCUT2D eigenvalue weighted by Crippen LogP contribution is 2.40. The summed E-state index contributed by atoms with van der Waals surface area (Å²) in [7, 11) is 0. The SMILES string of the molecule is CC(C)c1nnsc1CN1CC[C@]2(CCCN(CCO)C2=O)C1. The van der Waals surface area contributed by atoms with Crippen LogP contribution in [0.15, 0.2) is 0 Å². The van der Waals surface area contributed by atoms with Crippen molar-refractivity contribution in [3.63, 3.8) is 0 Å². The van der Waals surface area contributed by atoms with Gasteiger partial charge in [-0.3, -0.25) is 9.69 Å². The zero-order valence-corrected chi connectivity index (χ0v) is 14.8. The smallest absolute Gasteiger partial charge is 0.230 e. The lowest BCUT2D eigenvalue weighted by Crippen LogP contribution is -2.50. The second-order valence-corrected chi connectivity index (χ2v) is 7.94. The largest absolute Gasteiger partial charge is 0.395 e. The molecule has 7 heteroatoms. The van der Waals surface area contributed by atoms with Gasteiger partial charge in [0, 0.05) is 26.2 Å². The number of piperidine rings is 1. The Balaban J connectivity index is 1.68. The van der Waals surface area contributed by atoms with Crippen molar-refractivity contribution < 1.29 is 9.90 Å². The quantitative estimate of drug-likeness (QED) is 0.880. The van der Waals surface area contributed by atoms with Gasteiger partial charge in [-0.2, -0.15) is 0 Å². The highest BCUT2D eigenvalue weighted by atomic mass is 32.1. The van der Waals surface area contributed by atoms with E-state index in [0.717, 1.165) is 51.1 Å². The molecule has 1 aromatic rings. The van der Waals surface area contributed by atoms with Crippen molar-refractivity contribution in [3.05, 3.63) is 10.6 Å². The molecular formula is C16H26N4O2S. The Kier molecular flexibility index (Phi) is 4.98. The third kappa shape index (κ3) is 3.27. The number of hydrogen-bond donors (Lipinski definition) is 1. The van der Waals surface area contributed by atoms with E-state index < -0.39 is 0 Å². The second-order valence-electron chi connectivity index (χ2n) is 7.10. The second kappa shape index (κ2) is 6.83. The topological polar surface area (TPSA) is 69.6 Å². The van der Waals surface area contributed by atoms with Gasteiger partial charge >= 0.3 is 0 Å². The summed E-state index contributed by atoms with van der Waals surface area (Å²) in [6.45, 7) is 8.22. The lowest BCUT2D eigenvalue weighted by atomic mass is 9.78. The summed E-state index contributed by atoms with van der Waals surface area (Å²) in [5, 5.41) is 13.4. The number of aliphatic hydroxyl groups excluding tert-OH is 1. The Labute approximate surface area is 141 Å². The number of aromatic nitrogens is 2. The number of carbonyl (C=O) groups is 1. The molecule has 0 radical (unpaired) electrons. The molecule has 2 fully saturated rings. The molecule has 2 aliphatic rings. The van der Waals surface area contributed by atoms with Crippen molar-refractivity contribution in [1.29, 1.82) is 0 Å². The first-order valence-electron chi connectivity index (χ1n) is 8.49. The minimum absolute atomic E-state index is 0.0514. The van der Waals surface area contributed by atoms with E-state index in [1.165, 1.54) is 16.4 Å². The van der Waals surface area contributed by atoms with Gasteiger partial charge in [-0.1, -0.05) is 18.3 Å². The zero-order valence-electron chi connectivity index (χ0n) is 14.0. The molecule has 0 saturated carbocycles. The fourth-order valence-electron chi connectivity index (χ4n) is 3.92. The van der Waals surface area contributed by atoms with Gasteiger partial charge in [-0.05, 0) is 43.3 Å². The molecule has 1 N–H and O–H groups in total. The summed E-state index contributed by atoms with van der Waals surface area (Å²) in [5.41, 5.74) is 0.858. The van der Waals surface area contributed by atoms with Crippen molar-refractivity contribution in [2.24, 2.45) is 5.41 Å². The van der Waals surface area contributed by atoms with Crippen molar-refractivity contribution in [2.45, 2.75) is 45.6 Å². The van der Waals surface area contributed by atoms with E-state index in [9.17, 15) is 4.79 Å². The van der Waals surface area contributed by atoms with Gasteiger partial charge in [0.1, 0.15) is 0 Å². The molecule has 6 nitrogen and oxygen atoms in total.